The van der Waals surface area contributed by atoms with Crippen LogP contribution in [0.5, 0.6) is 5.75 Å². The van der Waals surface area contributed by atoms with Crippen molar-refractivity contribution in [2.45, 2.75) is 33.2 Å². The van der Waals surface area contributed by atoms with E-state index in [9.17, 15) is 9.59 Å². The number of carboxylic acid groups (broad SMARTS) is 1. The van der Waals surface area contributed by atoms with Crippen LogP contribution >= 0.6 is 0 Å². The van der Waals surface area contributed by atoms with E-state index < -0.39 is 12.0 Å². The van der Waals surface area contributed by atoms with Gasteiger partial charge in [0.2, 0.25) is 5.91 Å². The number of carbonyl (C=O) groups is 2. The van der Waals surface area contributed by atoms with E-state index in [4.69, 9.17) is 9.84 Å². The summed E-state index contributed by atoms with van der Waals surface area (Å²) in [6.45, 7) is 5.61. The molecule has 0 aliphatic carbocycles. The van der Waals surface area contributed by atoms with E-state index in [0.29, 0.717) is 0 Å². The number of aryl methyl sites for hydroxylation is 2. The van der Waals surface area contributed by atoms with E-state index >= 15 is 0 Å². The van der Waals surface area contributed by atoms with Crippen molar-refractivity contribution in [1.82, 2.24) is 4.90 Å². The molecular formula is C15H21NO4. The fourth-order valence-corrected chi connectivity index (χ4v) is 1.83. The highest BCUT2D eigenvalue weighted by molar-refractivity contribution is 5.83. The van der Waals surface area contributed by atoms with Crippen LogP contribution in [-0.4, -0.2) is 41.6 Å². The van der Waals surface area contributed by atoms with Gasteiger partial charge in [0, 0.05) is 7.05 Å². The molecule has 0 aromatic heterocycles. The minimum absolute atomic E-state index is 0.155. The first-order valence-electron chi connectivity index (χ1n) is 6.52. The second-order valence-electron chi connectivity index (χ2n) is 4.84. The number of ether oxygens (including phenoxy) is 1. The van der Waals surface area contributed by atoms with Crippen molar-refractivity contribution in [2.24, 2.45) is 0 Å². The molecule has 0 saturated heterocycles. The van der Waals surface area contributed by atoms with Crippen LogP contribution in [0.25, 0.3) is 0 Å². The van der Waals surface area contributed by atoms with Crippen LogP contribution < -0.4 is 4.74 Å². The van der Waals surface area contributed by atoms with Crippen molar-refractivity contribution in [3.05, 3.63) is 29.3 Å². The SMILES string of the molecule is Cc1cccc(C)c1OCCC(=O)N(C)C(C)C(=O)O. The Morgan fingerprint density at radius 2 is 1.85 bits per heavy atom. The zero-order valence-corrected chi connectivity index (χ0v) is 12.3. The maximum atomic E-state index is 11.8. The summed E-state index contributed by atoms with van der Waals surface area (Å²) in [5.74, 6) is -0.475. The summed E-state index contributed by atoms with van der Waals surface area (Å²) in [4.78, 5) is 23.9. The predicted octanol–water partition coefficient (Wildman–Crippen LogP) is 2.00. The molecule has 1 N–H and O–H groups in total. The average molecular weight is 279 g/mol. The third-order valence-corrected chi connectivity index (χ3v) is 3.30. The van der Waals surface area contributed by atoms with Gasteiger partial charge in [0.25, 0.3) is 0 Å². The Morgan fingerprint density at radius 3 is 2.35 bits per heavy atom. The molecule has 1 aromatic rings. The molecule has 0 radical (unpaired) electrons. The van der Waals surface area contributed by atoms with Crippen molar-refractivity contribution in [2.75, 3.05) is 13.7 Å². The molecule has 5 heteroatoms. The number of nitrogens with zero attached hydrogens (tertiary/aromatic N) is 1. The predicted molar refractivity (Wildman–Crippen MR) is 75.9 cm³/mol. The largest absolute Gasteiger partial charge is 0.493 e. The number of hydrogen-bond acceptors (Lipinski definition) is 3. The summed E-state index contributed by atoms with van der Waals surface area (Å²) < 4.78 is 5.63. The summed E-state index contributed by atoms with van der Waals surface area (Å²) in [5, 5.41) is 8.85. The second kappa shape index (κ2) is 6.93. The fourth-order valence-electron chi connectivity index (χ4n) is 1.83. The summed E-state index contributed by atoms with van der Waals surface area (Å²) in [6.07, 6.45) is 0.155. The lowest BCUT2D eigenvalue weighted by atomic mass is 10.1. The lowest BCUT2D eigenvalue weighted by Gasteiger charge is -2.21. The van der Waals surface area contributed by atoms with Gasteiger partial charge in [-0.1, -0.05) is 18.2 Å². The summed E-state index contributed by atoms with van der Waals surface area (Å²) >= 11 is 0. The molecular weight excluding hydrogens is 258 g/mol. The maximum Gasteiger partial charge on any atom is 0.326 e. The number of rotatable bonds is 6. The molecule has 0 fully saturated rings. The Hall–Kier alpha value is -2.04. The highest BCUT2D eigenvalue weighted by atomic mass is 16.5. The molecule has 1 rings (SSSR count). The third kappa shape index (κ3) is 3.98. The molecule has 0 aliphatic rings. The Morgan fingerprint density at radius 1 is 1.30 bits per heavy atom. The van der Waals surface area contributed by atoms with Crippen LogP contribution in [-0.2, 0) is 9.59 Å². The second-order valence-corrected chi connectivity index (χ2v) is 4.84. The van der Waals surface area contributed by atoms with Crippen molar-refractivity contribution in [1.29, 1.82) is 0 Å². The summed E-state index contributed by atoms with van der Waals surface area (Å²) in [5.41, 5.74) is 2.04. The summed E-state index contributed by atoms with van der Waals surface area (Å²) in [7, 11) is 1.49. The van der Waals surface area contributed by atoms with Crippen LogP contribution in [0.1, 0.15) is 24.5 Å². The summed E-state index contributed by atoms with van der Waals surface area (Å²) in [6, 6.07) is 5.01. The number of para-hydroxylation sites is 1. The smallest absolute Gasteiger partial charge is 0.326 e. The molecule has 5 nitrogen and oxygen atoms in total. The first-order valence-corrected chi connectivity index (χ1v) is 6.52. The van der Waals surface area contributed by atoms with Gasteiger partial charge in [0.15, 0.2) is 0 Å². The first kappa shape index (κ1) is 16.0. The minimum atomic E-state index is -1.02. The number of likely N-dealkylation sites (N-methyl/N-ethyl adjacent to an activating group) is 1. The van der Waals surface area contributed by atoms with Gasteiger partial charge in [-0.15, -0.1) is 0 Å². The van der Waals surface area contributed by atoms with E-state index in [1.165, 1.54) is 18.9 Å². The molecule has 0 spiro atoms. The van der Waals surface area contributed by atoms with Crippen molar-refractivity contribution >= 4 is 11.9 Å². The normalized spacial score (nSPS) is 11.8. The number of benzene rings is 1. The first-order chi connectivity index (χ1) is 9.34. The van der Waals surface area contributed by atoms with Gasteiger partial charge in [0.1, 0.15) is 11.8 Å². The van der Waals surface area contributed by atoms with Crippen LogP contribution in [0.2, 0.25) is 0 Å². The Balaban J connectivity index is 2.52. The van der Waals surface area contributed by atoms with E-state index in [-0.39, 0.29) is 18.9 Å². The number of carboxylic acids is 1. The Labute approximate surface area is 119 Å². The minimum Gasteiger partial charge on any atom is -0.493 e. The Kier molecular flexibility index (Phi) is 5.55. The van der Waals surface area contributed by atoms with Gasteiger partial charge >= 0.3 is 5.97 Å². The average Bonchev–Trinajstić information content (AvgIpc) is 2.40. The molecule has 0 saturated carbocycles. The zero-order chi connectivity index (χ0) is 15.3. The molecule has 1 aromatic carbocycles. The number of amides is 1. The van der Waals surface area contributed by atoms with E-state index in [1.54, 1.807) is 0 Å². The number of carbonyl (C=O) groups excluding carboxylic acids is 1. The lowest BCUT2D eigenvalue weighted by Crippen LogP contribution is -2.40. The van der Waals surface area contributed by atoms with Gasteiger partial charge in [0.05, 0.1) is 13.0 Å². The van der Waals surface area contributed by atoms with Gasteiger partial charge in [-0.05, 0) is 31.9 Å². The third-order valence-electron chi connectivity index (χ3n) is 3.30. The monoisotopic (exact) mass is 279 g/mol. The van der Waals surface area contributed by atoms with Gasteiger partial charge < -0.3 is 14.7 Å². The molecule has 1 atom stereocenters. The zero-order valence-electron chi connectivity index (χ0n) is 12.3. The lowest BCUT2D eigenvalue weighted by molar-refractivity contribution is -0.148. The molecule has 0 bridgehead atoms. The van der Waals surface area contributed by atoms with Crippen molar-refractivity contribution in [3.8, 4) is 5.75 Å². The number of hydrogen-bond donors (Lipinski definition) is 1. The molecule has 1 amide bonds. The molecule has 110 valence electrons. The van der Waals surface area contributed by atoms with Crippen LogP contribution in [0.15, 0.2) is 18.2 Å². The quantitative estimate of drug-likeness (QED) is 0.865. The standard InChI is InChI=1S/C15H21NO4/c1-10-6-5-7-11(2)14(10)20-9-8-13(17)16(4)12(3)15(18)19/h5-7,12H,8-9H2,1-4H3,(H,18,19). The molecule has 0 aliphatic heterocycles. The molecule has 20 heavy (non-hydrogen) atoms. The topological polar surface area (TPSA) is 66.8 Å². The van der Waals surface area contributed by atoms with Crippen LogP contribution in [0.4, 0.5) is 0 Å². The maximum absolute atomic E-state index is 11.8. The van der Waals surface area contributed by atoms with Gasteiger partial charge in [-0.25, -0.2) is 4.79 Å². The van der Waals surface area contributed by atoms with E-state index in [0.717, 1.165) is 16.9 Å². The highest BCUT2D eigenvalue weighted by Crippen LogP contribution is 2.22. The van der Waals surface area contributed by atoms with E-state index in [1.807, 2.05) is 32.0 Å². The highest BCUT2D eigenvalue weighted by Gasteiger charge is 2.21. The van der Waals surface area contributed by atoms with E-state index in [2.05, 4.69) is 0 Å². The van der Waals surface area contributed by atoms with Crippen molar-refractivity contribution < 1.29 is 19.4 Å². The molecule has 1 unspecified atom stereocenters. The molecule has 0 heterocycles. The van der Waals surface area contributed by atoms with Gasteiger partial charge in [-0.2, -0.15) is 0 Å². The van der Waals surface area contributed by atoms with Crippen LogP contribution in [0.3, 0.4) is 0 Å². The van der Waals surface area contributed by atoms with Crippen LogP contribution in [0, 0.1) is 13.8 Å². The van der Waals surface area contributed by atoms with Gasteiger partial charge in [-0.3, -0.25) is 4.79 Å². The van der Waals surface area contributed by atoms with Crippen molar-refractivity contribution in [3.63, 3.8) is 0 Å². The Bertz CT molecular complexity index is 478. The fraction of sp³-hybridized carbons (Fsp3) is 0.467. The number of aliphatic carboxylic acids is 1.